The molecule has 1 N–H and O–H groups in total. The minimum absolute atomic E-state index is 0.0886. The van der Waals surface area contributed by atoms with Gasteiger partial charge in [0.15, 0.2) is 0 Å². The fraction of sp³-hybridized carbons (Fsp3) is 0.500. The Balaban J connectivity index is 5.05. The second kappa shape index (κ2) is 5.18. The second-order valence-electron chi connectivity index (χ2n) is 2.16. The molecule has 0 fully saturated rings. The zero-order chi connectivity index (χ0) is 10.4. The van der Waals surface area contributed by atoms with Crippen molar-refractivity contribution < 1.29 is 24.2 Å². The molecule has 0 saturated carbocycles. The van der Waals surface area contributed by atoms with Crippen LogP contribution in [0.25, 0.3) is 0 Å². The number of esters is 1. The third kappa shape index (κ3) is 2.77. The first kappa shape index (κ1) is 11.5. The van der Waals surface area contributed by atoms with E-state index in [4.69, 9.17) is 5.11 Å². The maximum atomic E-state index is 11.0. The van der Waals surface area contributed by atoms with Gasteiger partial charge in [0.05, 0.1) is 19.8 Å². The molecule has 0 heterocycles. The standard InChI is InChI=1S/C8H12O5/c1-4-5(7(9)10)6(12-2)8(11)13-3/h4H2,1-3H3,(H,9,10). The van der Waals surface area contributed by atoms with E-state index < -0.39 is 11.9 Å². The van der Waals surface area contributed by atoms with Crippen molar-refractivity contribution in [1.82, 2.24) is 0 Å². The van der Waals surface area contributed by atoms with Crippen LogP contribution < -0.4 is 0 Å². The first-order valence-corrected chi connectivity index (χ1v) is 3.67. The van der Waals surface area contributed by atoms with Crippen LogP contribution in [0, 0.1) is 0 Å². The maximum Gasteiger partial charge on any atom is 0.373 e. The lowest BCUT2D eigenvalue weighted by atomic mass is 10.2. The Morgan fingerprint density at radius 1 is 1.23 bits per heavy atom. The Labute approximate surface area is 75.9 Å². The molecule has 0 atom stereocenters. The number of methoxy groups -OCH3 is 2. The third-order valence-corrected chi connectivity index (χ3v) is 1.46. The molecule has 5 nitrogen and oxygen atoms in total. The minimum atomic E-state index is -1.18. The van der Waals surface area contributed by atoms with Crippen molar-refractivity contribution in [2.24, 2.45) is 0 Å². The van der Waals surface area contributed by atoms with Crippen molar-refractivity contribution in [3.63, 3.8) is 0 Å². The molecule has 0 aliphatic rings. The molecule has 0 bridgehead atoms. The van der Waals surface area contributed by atoms with Gasteiger partial charge in [0.2, 0.25) is 5.76 Å². The van der Waals surface area contributed by atoms with Crippen molar-refractivity contribution in [3.05, 3.63) is 11.3 Å². The molecule has 0 aromatic carbocycles. The van der Waals surface area contributed by atoms with Gasteiger partial charge in [0.1, 0.15) is 0 Å². The molecule has 0 radical (unpaired) electrons. The number of hydrogen-bond acceptors (Lipinski definition) is 4. The summed E-state index contributed by atoms with van der Waals surface area (Å²) in [6.45, 7) is 1.62. The summed E-state index contributed by atoms with van der Waals surface area (Å²) in [7, 11) is 2.39. The van der Waals surface area contributed by atoms with Crippen molar-refractivity contribution in [1.29, 1.82) is 0 Å². The number of aliphatic carboxylic acids is 1. The smallest absolute Gasteiger partial charge is 0.373 e. The van der Waals surface area contributed by atoms with E-state index in [1.807, 2.05) is 0 Å². The van der Waals surface area contributed by atoms with Crippen LogP contribution in [0.1, 0.15) is 13.3 Å². The van der Waals surface area contributed by atoms with Gasteiger partial charge >= 0.3 is 11.9 Å². The van der Waals surface area contributed by atoms with Crippen molar-refractivity contribution in [2.75, 3.05) is 14.2 Å². The molecule has 0 spiro atoms. The van der Waals surface area contributed by atoms with Crippen LogP contribution in [-0.4, -0.2) is 31.3 Å². The molecule has 0 unspecified atom stereocenters. The van der Waals surface area contributed by atoms with E-state index in [1.165, 1.54) is 7.11 Å². The topological polar surface area (TPSA) is 72.8 Å². The number of carboxylic acid groups (broad SMARTS) is 1. The van der Waals surface area contributed by atoms with E-state index in [-0.39, 0.29) is 17.8 Å². The molecule has 0 aliphatic heterocycles. The molecule has 5 heteroatoms. The Morgan fingerprint density at radius 3 is 2.00 bits per heavy atom. The first-order valence-electron chi connectivity index (χ1n) is 3.67. The lowest BCUT2D eigenvalue weighted by molar-refractivity contribution is -0.141. The summed E-state index contributed by atoms with van der Waals surface area (Å²) >= 11 is 0. The van der Waals surface area contributed by atoms with Gasteiger partial charge in [-0.3, -0.25) is 0 Å². The van der Waals surface area contributed by atoms with Gasteiger partial charge in [-0.1, -0.05) is 6.92 Å². The lowest BCUT2D eigenvalue weighted by Crippen LogP contribution is -2.14. The van der Waals surface area contributed by atoms with Crippen LogP contribution in [0.4, 0.5) is 0 Å². The Kier molecular flexibility index (Phi) is 4.58. The molecule has 0 rings (SSSR count). The van der Waals surface area contributed by atoms with Crippen LogP contribution in [0.3, 0.4) is 0 Å². The van der Waals surface area contributed by atoms with E-state index in [0.717, 1.165) is 7.11 Å². The molecule has 0 aromatic heterocycles. The molecule has 0 saturated heterocycles. The summed E-state index contributed by atoms with van der Waals surface area (Å²) in [5.41, 5.74) is -0.0886. The predicted molar refractivity (Wildman–Crippen MR) is 44.0 cm³/mol. The van der Waals surface area contributed by atoms with E-state index >= 15 is 0 Å². The highest BCUT2D eigenvalue weighted by Gasteiger charge is 2.20. The van der Waals surface area contributed by atoms with E-state index in [0.29, 0.717) is 0 Å². The fourth-order valence-electron chi connectivity index (χ4n) is 0.831. The van der Waals surface area contributed by atoms with E-state index in [2.05, 4.69) is 9.47 Å². The van der Waals surface area contributed by atoms with Crippen molar-refractivity contribution in [2.45, 2.75) is 13.3 Å². The van der Waals surface area contributed by atoms with Gasteiger partial charge in [-0.2, -0.15) is 0 Å². The quantitative estimate of drug-likeness (QED) is 0.396. The second-order valence-corrected chi connectivity index (χ2v) is 2.16. The van der Waals surface area contributed by atoms with Crippen molar-refractivity contribution >= 4 is 11.9 Å². The predicted octanol–water partition coefficient (Wildman–Crippen LogP) is 0.554. The number of carboxylic acids is 1. The van der Waals surface area contributed by atoms with Crippen LogP contribution in [0.5, 0.6) is 0 Å². The SMILES string of the molecule is CCC(C(=O)O)=C(OC)C(=O)OC. The van der Waals surface area contributed by atoms with Crippen molar-refractivity contribution in [3.8, 4) is 0 Å². The first-order chi connectivity index (χ1) is 6.08. The monoisotopic (exact) mass is 188 g/mol. The molecule has 0 aromatic rings. The molecular formula is C8H12O5. The molecule has 74 valence electrons. The summed E-state index contributed by atoms with van der Waals surface area (Å²) in [6, 6.07) is 0. The average molecular weight is 188 g/mol. The zero-order valence-corrected chi connectivity index (χ0v) is 7.79. The molecule has 0 aliphatic carbocycles. The van der Waals surface area contributed by atoms with Gasteiger partial charge in [0, 0.05) is 0 Å². The van der Waals surface area contributed by atoms with Crippen LogP contribution in [-0.2, 0) is 19.1 Å². The summed E-state index contributed by atoms with van der Waals surface area (Å²) in [5, 5.41) is 8.67. The van der Waals surface area contributed by atoms with Gasteiger partial charge in [-0.25, -0.2) is 9.59 Å². The normalized spacial score (nSPS) is 11.6. The van der Waals surface area contributed by atoms with Crippen LogP contribution in [0.2, 0.25) is 0 Å². The Hall–Kier alpha value is -1.52. The highest BCUT2D eigenvalue weighted by molar-refractivity contribution is 5.98. The van der Waals surface area contributed by atoms with Crippen LogP contribution >= 0.6 is 0 Å². The molecule has 13 heavy (non-hydrogen) atoms. The van der Waals surface area contributed by atoms with Gasteiger partial charge in [0.25, 0.3) is 0 Å². The highest BCUT2D eigenvalue weighted by Crippen LogP contribution is 2.11. The number of hydrogen-bond donors (Lipinski definition) is 1. The minimum Gasteiger partial charge on any atom is -0.489 e. The van der Waals surface area contributed by atoms with E-state index in [1.54, 1.807) is 6.92 Å². The number of carbonyl (C=O) groups is 2. The molecule has 0 amide bonds. The largest absolute Gasteiger partial charge is 0.489 e. The number of rotatable bonds is 4. The van der Waals surface area contributed by atoms with E-state index in [9.17, 15) is 9.59 Å². The average Bonchev–Trinajstić information content (AvgIpc) is 2.12. The molecular weight excluding hydrogens is 176 g/mol. The van der Waals surface area contributed by atoms with Gasteiger partial charge in [-0.15, -0.1) is 0 Å². The maximum absolute atomic E-state index is 11.0. The number of carbonyl (C=O) groups excluding carboxylic acids is 1. The Bertz CT molecular complexity index is 241. The Morgan fingerprint density at radius 2 is 1.77 bits per heavy atom. The highest BCUT2D eigenvalue weighted by atomic mass is 16.6. The lowest BCUT2D eigenvalue weighted by Gasteiger charge is -2.06. The summed E-state index contributed by atoms with van der Waals surface area (Å²) in [6.07, 6.45) is 0.202. The van der Waals surface area contributed by atoms with Gasteiger partial charge < -0.3 is 14.6 Å². The fourth-order valence-corrected chi connectivity index (χ4v) is 0.831. The summed E-state index contributed by atoms with van der Waals surface area (Å²) in [5.74, 6) is -2.20. The summed E-state index contributed by atoms with van der Waals surface area (Å²) < 4.78 is 8.99. The zero-order valence-electron chi connectivity index (χ0n) is 7.79. The van der Waals surface area contributed by atoms with Gasteiger partial charge in [-0.05, 0) is 6.42 Å². The number of ether oxygens (including phenoxy) is 2. The third-order valence-electron chi connectivity index (χ3n) is 1.46. The van der Waals surface area contributed by atoms with Crippen LogP contribution in [0.15, 0.2) is 11.3 Å². The summed E-state index contributed by atoms with van der Waals surface area (Å²) in [4.78, 5) is 21.6.